The van der Waals surface area contributed by atoms with Gasteiger partial charge in [0, 0.05) is 6.20 Å². The number of nitrogens with zero attached hydrogens (tertiary/aromatic N) is 1. The monoisotopic (exact) mass is 227 g/mol. The molecule has 0 radical (unpaired) electrons. The second kappa shape index (κ2) is 3.44. The van der Waals surface area contributed by atoms with Crippen LogP contribution >= 0.6 is 0 Å². The van der Waals surface area contributed by atoms with Gasteiger partial charge in [0.05, 0.1) is 5.69 Å². The molecule has 2 aliphatic carbocycles. The lowest BCUT2D eigenvalue weighted by atomic mass is 9.85. The lowest BCUT2D eigenvalue weighted by Gasteiger charge is -2.20. The maximum Gasteiger partial charge on any atom is 0.0661 e. The zero-order chi connectivity index (χ0) is 12.2. The zero-order valence-electron chi connectivity index (χ0n) is 11.2. The van der Waals surface area contributed by atoms with Crippen LogP contribution in [0.4, 0.5) is 0 Å². The van der Waals surface area contributed by atoms with Gasteiger partial charge >= 0.3 is 0 Å². The van der Waals surface area contributed by atoms with Crippen LogP contribution in [0.2, 0.25) is 0 Å². The number of aryl methyl sites for hydroxylation is 1. The van der Waals surface area contributed by atoms with Crippen molar-refractivity contribution in [3.63, 3.8) is 0 Å². The Morgan fingerprint density at radius 3 is 2.59 bits per heavy atom. The first-order chi connectivity index (χ1) is 7.97. The van der Waals surface area contributed by atoms with Crippen LogP contribution in [0.5, 0.6) is 0 Å². The fourth-order valence-corrected chi connectivity index (χ4v) is 3.57. The van der Waals surface area contributed by atoms with Gasteiger partial charge in [-0.3, -0.25) is 4.98 Å². The van der Waals surface area contributed by atoms with E-state index in [-0.39, 0.29) is 0 Å². The van der Waals surface area contributed by atoms with E-state index in [0.29, 0.717) is 5.41 Å². The Balaban J connectivity index is 1.81. The molecular weight excluding hydrogens is 206 g/mol. The predicted molar refractivity (Wildman–Crippen MR) is 71.5 cm³/mol. The van der Waals surface area contributed by atoms with Crippen molar-refractivity contribution in [3.05, 3.63) is 35.7 Å². The summed E-state index contributed by atoms with van der Waals surface area (Å²) < 4.78 is 0. The highest BCUT2D eigenvalue weighted by Gasteiger charge is 2.57. The van der Waals surface area contributed by atoms with Gasteiger partial charge in [0.25, 0.3) is 0 Å². The fraction of sp³-hybridized carbons (Fsp3) is 0.562. The summed E-state index contributed by atoms with van der Waals surface area (Å²) in [6.45, 7) is 9.25. The highest BCUT2D eigenvalue weighted by Crippen LogP contribution is 2.64. The fourth-order valence-electron chi connectivity index (χ4n) is 3.57. The molecule has 0 spiro atoms. The summed E-state index contributed by atoms with van der Waals surface area (Å²) in [6, 6.07) is 4.28. The lowest BCUT2D eigenvalue weighted by molar-refractivity contribution is 0.322. The summed E-state index contributed by atoms with van der Waals surface area (Å²) in [5.74, 6) is 2.62. The maximum atomic E-state index is 4.50. The van der Waals surface area contributed by atoms with E-state index in [2.05, 4.69) is 50.9 Å². The Bertz CT molecular complexity index is 479. The number of rotatable bonds is 1. The quantitative estimate of drug-likeness (QED) is 0.704. The van der Waals surface area contributed by atoms with Crippen LogP contribution < -0.4 is 0 Å². The Morgan fingerprint density at radius 1 is 1.29 bits per heavy atom. The van der Waals surface area contributed by atoms with Crippen molar-refractivity contribution < 1.29 is 0 Å². The minimum Gasteiger partial charge on any atom is -0.257 e. The molecule has 1 nitrogen and oxygen atoms in total. The summed E-state index contributed by atoms with van der Waals surface area (Å²) in [4.78, 5) is 4.50. The molecule has 0 bridgehead atoms. The van der Waals surface area contributed by atoms with Crippen molar-refractivity contribution in [3.8, 4) is 0 Å². The molecule has 3 rings (SSSR count). The molecule has 0 N–H and O–H groups in total. The summed E-state index contributed by atoms with van der Waals surface area (Å²) >= 11 is 0. The zero-order valence-corrected chi connectivity index (χ0v) is 11.2. The first-order valence-electron chi connectivity index (χ1n) is 6.60. The Kier molecular flexibility index (Phi) is 2.23. The van der Waals surface area contributed by atoms with Crippen molar-refractivity contribution in [2.45, 2.75) is 34.1 Å². The van der Waals surface area contributed by atoms with E-state index < -0.39 is 0 Å². The summed E-state index contributed by atoms with van der Waals surface area (Å²) in [7, 11) is 0. The number of hydrogen-bond donors (Lipinski definition) is 0. The smallest absolute Gasteiger partial charge is 0.0661 e. The van der Waals surface area contributed by atoms with E-state index in [1.165, 1.54) is 23.3 Å². The molecule has 1 fully saturated rings. The molecular formula is C16H21N. The van der Waals surface area contributed by atoms with Gasteiger partial charge in [-0.1, -0.05) is 26.8 Å². The van der Waals surface area contributed by atoms with E-state index >= 15 is 0 Å². The Labute approximate surface area is 104 Å². The topological polar surface area (TPSA) is 12.9 Å². The molecule has 0 saturated heterocycles. The van der Waals surface area contributed by atoms with E-state index in [0.717, 1.165) is 17.8 Å². The second-order valence-electron chi connectivity index (χ2n) is 6.75. The minimum atomic E-state index is 0.470. The highest BCUT2D eigenvalue weighted by molar-refractivity contribution is 5.67. The number of allylic oxidation sites excluding steroid dienone is 2. The first-order valence-corrected chi connectivity index (χ1v) is 6.60. The number of aromatic nitrogens is 1. The molecule has 0 aromatic carbocycles. The van der Waals surface area contributed by atoms with Gasteiger partial charge in [0.15, 0.2) is 0 Å². The molecule has 2 aliphatic rings. The molecule has 1 saturated carbocycles. The van der Waals surface area contributed by atoms with Crippen LogP contribution in [-0.2, 0) is 0 Å². The Morgan fingerprint density at radius 2 is 2.06 bits per heavy atom. The van der Waals surface area contributed by atoms with Gasteiger partial charge < -0.3 is 0 Å². The summed E-state index contributed by atoms with van der Waals surface area (Å²) in [6.07, 6.45) is 5.65. The van der Waals surface area contributed by atoms with Gasteiger partial charge in [-0.25, -0.2) is 0 Å². The number of pyridine rings is 1. The standard InChI is InChI=1S/C16H21N/c1-10-5-6-17-14(7-10)11-8-12-13(9-11)15(12)16(2,3)4/h5-8,12-13,15H,9H2,1-4H3. The number of fused-ring (bicyclic) bond motifs is 1. The highest BCUT2D eigenvalue weighted by atomic mass is 14.7. The largest absolute Gasteiger partial charge is 0.257 e. The number of hydrogen-bond acceptors (Lipinski definition) is 1. The SMILES string of the molecule is Cc1ccnc(C2=CC3C(C2)C3C(C)(C)C)c1. The van der Waals surface area contributed by atoms with Crippen molar-refractivity contribution in [2.75, 3.05) is 0 Å². The van der Waals surface area contributed by atoms with Crippen LogP contribution in [0, 0.1) is 30.1 Å². The van der Waals surface area contributed by atoms with E-state index in [9.17, 15) is 0 Å². The van der Waals surface area contributed by atoms with Gasteiger partial charge in [0.2, 0.25) is 0 Å². The molecule has 1 heterocycles. The molecule has 3 atom stereocenters. The molecule has 0 amide bonds. The normalized spacial score (nSPS) is 31.1. The lowest BCUT2D eigenvalue weighted by Crippen LogP contribution is -2.11. The molecule has 1 aromatic heterocycles. The second-order valence-corrected chi connectivity index (χ2v) is 6.75. The molecule has 17 heavy (non-hydrogen) atoms. The third-order valence-electron chi connectivity index (χ3n) is 4.32. The Hall–Kier alpha value is -1.11. The molecule has 1 aromatic rings. The van der Waals surface area contributed by atoms with Gasteiger partial charge in [-0.05, 0) is 59.8 Å². The van der Waals surface area contributed by atoms with Crippen molar-refractivity contribution in [1.82, 2.24) is 4.98 Å². The summed E-state index contributed by atoms with van der Waals surface area (Å²) in [5.41, 5.74) is 4.45. The third-order valence-corrected chi connectivity index (χ3v) is 4.32. The van der Waals surface area contributed by atoms with Crippen LogP contribution in [0.3, 0.4) is 0 Å². The molecule has 90 valence electrons. The van der Waals surface area contributed by atoms with Crippen LogP contribution in [0.1, 0.15) is 38.4 Å². The molecule has 3 unspecified atom stereocenters. The van der Waals surface area contributed by atoms with E-state index in [4.69, 9.17) is 0 Å². The van der Waals surface area contributed by atoms with Gasteiger partial charge in [-0.2, -0.15) is 0 Å². The van der Waals surface area contributed by atoms with Crippen molar-refractivity contribution in [1.29, 1.82) is 0 Å². The van der Waals surface area contributed by atoms with Crippen LogP contribution in [-0.4, -0.2) is 4.98 Å². The molecule has 0 aliphatic heterocycles. The van der Waals surface area contributed by atoms with Crippen LogP contribution in [0.15, 0.2) is 24.4 Å². The van der Waals surface area contributed by atoms with Gasteiger partial charge in [-0.15, -0.1) is 0 Å². The first kappa shape index (κ1) is 11.0. The van der Waals surface area contributed by atoms with Crippen molar-refractivity contribution >= 4 is 5.57 Å². The third kappa shape index (κ3) is 1.82. The minimum absolute atomic E-state index is 0.470. The average Bonchev–Trinajstić information content (AvgIpc) is 2.77. The van der Waals surface area contributed by atoms with Crippen molar-refractivity contribution in [2.24, 2.45) is 23.2 Å². The average molecular weight is 227 g/mol. The van der Waals surface area contributed by atoms with E-state index in [1.54, 1.807) is 0 Å². The van der Waals surface area contributed by atoms with E-state index in [1.807, 2.05) is 6.20 Å². The van der Waals surface area contributed by atoms with Crippen LogP contribution in [0.25, 0.3) is 5.57 Å². The molecule has 1 heteroatoms. The maximum absolute atomic E-state index is 4.50. The predicted octanol–water partition coefficient (Wildman–Crippen LogP) is 4.09. The van der Waals surface area contributed by atoms with Gasteiger partial charge in [0.1, 0.15) is 0 Å². The summed E-state index contributed by atoms with van der Waals surface area (Å²) in [5, 5.41) is 0.